The molecule has 0 bridgehead atoms. The van der Waals surface area contributed by atoms with E-state index < -0.39 is 10.0 Å². The smallest absolute Gasteiger partial charge is 0.248 e. The average molecular weight is 358 g/mol. The lowest BCUT2D eigenvalue weighted by atomic mass is 10.3. The van der Waals surface area contributed by atoms with Crippen LogP contribution in [-0.2, 0) is 10.0 Å². The van der Waals surface area contributed by atoms with Crippen LogP contribution in [-0.4, -0.2) is 54.0 Å². The monoisotopic (exact) mass is 357 g/mol. The van der Waals surface area contributed by atoms with Gasteiger partial charge in [0.2, 0.25) is 10.0 Å². The van der Waals surface area contributed by atoms with Crippen molar-refractivity contribution in [3.63, 3.8) is 0 Å². The Balaban J connectivity index is 1.76. The van der Waals surface area contributed by atoms with Gasteiger partial charge >= 0.3 is 0 Å². The van der Waals surface area contributed by atoms with Gasteiger partial charge < -0.3 is 9.42 Å². The van der Waals surface area contributed by atoms with Crippen LogP contribution >= 0.6 is 11.6 Å². The predicted octanol–water partition coefficient (Wildman–Crippen LogP) is 1.25. The Morgan fingerprint density at radius 1 is 1.17 bits per heavy atom. The van der Waals surface area contributed by atoms with E-state index in [-0.39, 0.29) is 4.90 Å². The summed E-state index contributed by atoms with van der Waals surface area (Å²) < 4.78 is 31.9. The Kier molecular flexibility index (Phi) is 4.26. The van der Waals surface area contributed by atoms with Crippen molar-refractivity contribution in [1.29, 1.82) is 0 Å². The zero-order valence-corrected chi connectivity index (χ0v) is 14.3. The number of hydrogen-bond donors (Lipinski definition) is 0. The van der Waals surface area contributed by atoms with E-state index in [1.165, 1.54) is 10.5 Å². The number of hydrogen-bond acceptors (Lipinski definition) is 7. The Bertz CT molecular complexity index is 795. The van der Waals surface area contributed by atoms with Crippen molar-refractivity contribution >= 4 is 27.4 Å². The average Bonchev–Trinajstić information content (AvgIpc) is 2.87. The van der Waals surface area contributed by atoms with Crippen molar-refractivity contribution < 1.29 is 12.9 Å². The molecule has 0 amide bonds. The molecule has 1 saturated heterocycles. The van der Waals surface area contributed by atoms with Crippen molar-refractivity contribution in [3.8, 4) is 0 Å². The van der Waals surface area contributed by atoms with Gasteiger partial charge in [-0.3, -0.25) is 4.98 Å². The fourth-order valence-corrected chi connectivity index (χ4v) is 4.47. The van der Waals surface area contributed by atoms with Gasteiger partial charge in [-0.05, 0) is 13.8 Å². The highest BCUT2D eigenvalue weighted by molar-refractivity contribution is 7.89. The standard InChI is InChI=1S/C13H16ClN5O3S/c1-9-13(10(2)22-17-9)23(20,21)19-5-3-18(4-6-19)12-8-15-7-11(14)16-12/h7-8H,3-6H2,1-2H3. The molecule has 0 unspecified atom stereocenters. The van der Waals surface area contributed by atoms with E-state index in [1.54, 1.807) is 20.0 Å². The SMILES string of the molecule is Cc1noc(C)c1S(=O)(=O)N1CCN(c2cncc(Cl)n2)CC1. The second-order valence-electron chi connectivity index (χ2n) is 5.24. The van der Waals surface area contributed by atoms with E-state index in [2.05, 4.69) is 15.1 Å². The largest absolute Gasteiger partial charge is 0.360 e. The molecule has 1 aliphatic heterocycles. The van der Waals surface area contributed by atoms with Gasteiger partial charge in [0.15, 0.2) is 5.76 Å². The highest BCUT2D eigenvalue weighted by Gasteiger charge is 2.33. The van der Waals surface area contributed by atoms with Gasteiger partial charge in [0.1, 0.15) is 21.6 Å². The molecule has 3 heterocycles. The van der Waals surface area contributed by atoms with Crippen molar-refractivity contribution in [2.45, 2.75) is 18.7 Å². The minimum atomic E-state index is -3.61. The summed E-state index contributed by atoms with van der Waals surface area (Å²) in [5, 5.41) is 4.04. The van der Waals surface area contributed by atoms with Gasteiger partial charge in [0.25, 0.3) is 0 Å². The molecule has 0 aromatic carbocycles. The topological polar surface area (TPSA) is 92.4 Å². The van der Waals surface area contributed by atoms with E-state index in [0.717, 1.165) is 0 Å². The van der Waals surface area contributed by atoms with Gasteiger partial charge in [-0.1, -0.05) is 16.8 Å². The molecule has 8 nitrogen and oxygen atoms in total. The molecule has 0 radical (unpaired) electrons. The molecule has 23 heavy (non-hydrogen) atoms. The third-order valence-electron chi connectivity index (χ3n) is 3.72. The van der Waals surface area contributed by atoms with Gasteiger partial charge in [-0.15, -0.1) is 0 Å². The lowest BCUT2D eigenvalue weighted by Gasteiger charge is -2.34. The Labute approximate surface area is 139 Å². The van der Waals surface area contributed by atoms with Crippen molar-refractivity contribution in [1.82, 2.24) is 19.4 Å². The maximum absolute atomic E-state index is 12.7. The normalized spacial score (nSPS) is 16.7. The van der Waals surface area contributed by atoms with Crippen LogP contribution in [0.4, 0.5) is 5.82 Å². The number of piperazine rings is 1. The molecule has 0 atom stereocenters. The maximum Gasteiger partial charge on any atom is 0.248 e. The van der Waals surface area contributed by atoms with Crippen molar-refractivity contribution in [3.05, 3.63) is 29.0 Å². The van der Waals surface area contributed by atoms with E-state index in [9.17, 15) is 8.42 Å². The van der Waals surface area contributed by atoms with Crippen LogP contribution in [0.3, 0.4) is 0 Å². The van der Waals surface area contributed by atoms with Crippen LogP contribution in [0.5, 0.6) is 0 Å². The van der Waals surface area contributed by atoms with Gasteiger partial charge in [-0.2, -0.15) is 4.31 Å². The van der Waals surface area contributed by atoms with Crippen LogP contribution in [0.25, 0.3) is 0 Å². The molecule has 2 aromatic heterocycles. The van der Waals surface area contributed by atoms with E-state index >= 15 is 0 Å². The quantitative estimate of drug-likeness (QED) is 0.816. The first-order valence-corrected chi connectivity index (χ1v) is 8.87. The summed E-state index contributed by atoms with van der Waals surface area (Å²) in [6, 6.07) is 0. The summed E-state index contributed by atoms with van der Waals surface area (Å²) in [6.45, 7) is 4.95. The van der Waals surface area contributed by atoms with Crippen molar-refractivity contribution in [2.75, 3.05) is 31.1 Å². The van der Waals surface area contributed by atoms with E-state index in [4.69, 9.17) is 16.1 Å². The van der Waals surface area contributed by atoms with Crippen LogP contribution in [0.2, 0.25) is 5.15 Å². The summed E-state index contributed by atoms with van der Waals surface area (Å²) in [4.78, 5) is 10.3. The number of aromatic nitrogens is 3. The van der Waals surface area contributed by atoms with Gasteiger partial charge in [-0.25, -0.2) is 13.4 Å². The van der Waals surface area contributed by atoms with Gasteiger partial charge in [0, 0.05) is 26.2 Å². The minimum absolute atomic E-state index is 0.161. The molecule has 3 rings (SSSR count). The number of sulfonamides is 1. The molecule has 124 valence electrons. The summed E-state index contributed by atoms with van der Waals surface area (Å²) in [5.41, 5.74) is 0.380. The first-order valence-electron chi connectivity index (χ1n) is 7.05. The zero-order valence-electron chi connectivity index (χ0n) is 12.7. The van der Waals surface area contributed by atoms with E-state index in [0.29, 0.717) is 48.6 Å². The Morgan fingerprint density at radius 2 is 1.87 bits per heavy atom. The fraction of sp³-hybridized carbons (Fsp3) is 0.462. The van der Waals surface area contributed by atoms with Crippen LogP contribution in [0.15, 0.2) is 21.8 Å². The van der Waals surface area contributed by atoms with Crippen LogP contribution < -0.4 is 4.90 Å². The summed E-state index contributed by atoms with van der Waals surface area (Å²) in [5.74, 6) is 0.956. The Morgan fingerprint density at radius 3 is 2.43 bits per heavy atom. The summed E-state index contributed by atoms with van der Waals surface area (Å²) in [7, 11) is -3.61. The molecule has 0 saturated carbocycles. The highest BCUT2D eigenvalue weighted by Crippen LogP contribution is 2.25. The molecule has 0 N–H and O–H groups in total. The van der Waals surface area contributed by atoms with Crippen LogP contribution in [0.1, 0.15) is 11.5 Å². The lowest BCUT2D eigenvalue weighted by molar-refractivity contribution is 0.377. The lowest BCUT2D eigenvalue weighted by Crippen LogP contribution is -2.49. The van der Waals surface area contributed by atoms with Crippen molar-refractivity contribution in [2.24, 2.45) is 0 Å². The number of aryl methyl sites for hydroxylation is 2. The molecule has 0 spiro atoms. The highest BCUT2D eigenvalue weighted by atomic mass is 35.5. The molecule has 1 fully saturated rings. The summed E-state index contributed by atoms with van der Waals surface area (Å²) in [6.07, 6.45) is 3.08. The number of anilines is 1. The third-order valence-corrected chi connectivity index (χ3v) is 6.05. The number of rotatable bonds is 3. The number of halogens is 1. The maximum atomic E-state index is 12.7. The van der Waals surface area contributed by atoms with Crippen LogP contribution in [0, 0.1) is 13.8 Å². The molecular formula is C13H16ClN5O3S. The van der Waals surface area contributed by atoms with E-state index in [1.807, 2.05) is 4.90 Å². The molecular weight excluding hydrogens is 342 g/mol. The Hall–Kier alpha value is -1.71. The molecule has 0 aliphatic carbocycles. The molecule has 1 aliphatic rings. The first kappa shape index (κ1) is 16.2. The first-order chi connectivity index (χ1) is 10.9. The predicted molar refractivity (Wildman–Crippen MR) is 84.0 cm³/mol. The second-order valence-corrected chi connectivity index (χ2v) is 7.51. The second kappa shape index (κ2) is 6.06. The fourth-order valence-electron chi connectivity index (χ4n) is 2.61. The molecule has 2 aromatic rings. The van der Waals surface area contributed by atoms with Gasteiger partial charge in [0.05, 0.1) is 12.4 Å². The zero-order chi connectivity index (χ0) is 16.6. The number of nitrogens with zero attached hydrogens (tertiary/aromatic N) is 5. The minimum Gasteiger partial charge on any atom is -0.360 e. The third kappa shape index (κ3) is 3.04. The molecule has 10 heteroatoms. The summed E-state index contributed by atoms with van der Waals surface area (Å²) >= 11 is 5.84.